The predicted molar refractivity (Wildman–Crippen MR) is 86.6 cm³/mol. The van der Waals surface area contributed by atoms with Crippen molar-refractivity contribution in [2.75, 3.05) is 0 Å². The highest BCUT2D eigenvalue weighted by molar-refractivity contribution is 7.16. The number of rotatable bonds is 4. The number of nitriles is 1. The fourth-order valence-corrected chi connectivity index (χ4v) is 2.85. The fourth-order valence-electron chi connectivity index (χ4n) is 1.87. The molecule has 1 aromatic carbocycles. The van der Waals surface area contributed by atoms with Crippen molar-refractivity contribution in [3.05, 3.63) is 52.7 Å². The Bertz CT molecular complexity index is 756. The molecule has 5 heteroatoms. The van der Waals surface area contributed by atoms with E-state index in [1.54, 1.807) is 30.3 Å². The van der Waals surface area contributed by atoms with Gasteiger partial charge in [-0.25, -0.2) is 4.39 Å². The van der Waals surface area contributed by atoms with E-state index in [-0.39, 0.29) is 17.4 Å². The Balaban J connectivity index is 2.28. The topological polar surface area (TPSA) is 52.9 Å². The zero-order valence-corrected chi connectivity index (χ0v) is 13.1. The van der Waals surface area contributed by atoms with Gasteiger partial charge in [0, 0.05) is 21.4 Å². The number of nitrogens with zero attached hydrogens (tertiary/aromatic N) is 1. The van der Waals surface area contributed by atoms with Gasteiger partial charge >= 0.3 is 0 Å². The van der Waals surface area contributed by atoms with Crippen LogP contribution in [0.4, 0.5) is 4.39 Å². The number of carbonyl (C=O) groups is 1. The standard InChI is InChI=1S/C17H15FN2OS/c1-11(2)20-17(21)12(10-19)9-13-7-8-16(22-13)14-5-3-4-6-15(14)18/h3-9,11H,1-2H3,(H,20,21)/b12-9+. The first-order chi connectivity index (χ1) is 10.5. The van der Waals surface area contributed by atoms with Crippen molar-refractivity contribution in [1.29, 1.82) is 5.26 Å². The SMILES string of the molecule is CC(C)NC(=O)/C(C#N)=C/c1ccc(-c2ccccc2F)s1. The van der Waals surface area contributed by atoms with Gasteiger partial charge in [0.15, 0.2) is 0 Å². The van der Waals surface area contributed by atoms with Crippen LogP contribution in [0.25, 0.3) is 16.5 Å². The van der Waals surface area contributed by atoms with E-state index in [1.165, 1.54) is 23.5 Å². The normalized spacial score (nSPS) is 11.3. The number of amides is 1. The van der Waals surface area contributed by atoms with Crippen molar-refractivity contribution in [2.24, 2.45) is 0 Å². The summed E-state index contributed by atoms with van der Waals surface area (Å²) < 4.78 is 13.8. The Hall–Kier alpha value is -2.45. The van der Waals surface area contributed by atoms with Gasteiger partial charge in [-0.05, 0) is 38.1 Å². The van der Waals surface area contributed by atoms with Crippen LogP contribution in [0.15, 0.2) is 42.0 Å². The molecule has 0 unspecified atom stereocenters. The van der Waals surface area contributed by atoms with Gasteiger partial charge in [-0.2, -0.15) is 5.26 Å². The molecule has 1 amide bonds. The number of nitrogens with one attached hydrogen (secondary N) is 1. The van der Waals surface area contributed by atoms with Crippen molar-refractivity contribution >= 4 is 23.3 Å². The number of hydrogen-bond donors (Lipinski definition) is 1. The van der Waals surface area contributed by atoms with Crippen molar-refractivity contribution in [3.63, 3.8) is 0 Å². The molecule has 2 rings (SSSR count). The molecule has 1 aromatic heterocycles. The summed E-state index contributed by atoms with van der Waals surface area (Å²) in [5.41, 5.74) is 0.549. The van der Waals surface area contributed by atoms with Crippen LogP contribution in [0.3, 0.4) is 0 Å². The summed E-state index contributed by atoms with van der Waals surface area (Å²) in [5.74, 6) is -0.698. The molecule has 0 fully saturated rings. The number of benzene rings is 1. The summed E-state index contributed by atoms with van der Waals surface area (Å²) in [7, 11) is 0. The lowest BCUT2D eigenvalue weighted by Crippen LogP contribution is -2.30. The second-order valence-electron chi connectivity index (χ2n) is 4.98. The Morgan fingerprint density at radius 2 is 2.05 bits per heavy atom. The maximum absolute atomic E-state index is 13.8. The molecule has 0 bridgehead atoms. The van der Waals surface area contributed by atoms with Crippen LogP contribution in [0.5, 0.6) is 0 Å². The van der Waals surface area contributed by atoms with Crippen molar-refractivity contribution in [3.8, 4) is 16.5 Å². The van der Waals surface area contributed by atoms with E-state index in [2.05, 4.69) is 5.32 Å². The minimum Gasteiger partial charge on any atom is -0.349 e. The molecular weight excluding hydrogens is 299 g/mol. The molecule has 22 heavy (non-hydrogen) atoms. The van der Waals surface area contributed by atoms with Gasteiger partial charge in [0.2, 0.25) is 0 Å². The summed E-state index contributed by atoms with van der Waals surface area (Å²) in [6.45, 7) is 3.66. The lowest BCUT2D eigenvalue weighted by molar-refractivity contribution is -0.117. The minimum absolute atomic E-state index is 0.0376. The number of carbonyl (C=O) groups excluding carboxylic acids is 1. The lowest BCUT2D eigenvalue weighted by atomic mass is 10.2. The molecule has 0 aliphatic heterocycles. The summed E-state index contributed by atoms with van der Waals surface area (Å²) in [6.07, 6.45) is 1.52. The zero-order valence-electron chi connectivity index (χ0n) is 12.3. The van der Waals surface area contributed by atoms with Crippen LogP contribution >= 0.6 is 11.3 Å². The highest BCUT2D eigenvalue weighted by atomic mass is 32.1. The van der Waals surface area contributed by atoms with Crippen LogP contribution in [-0.2, 0) is 4.79 Å². The second kappa shape index (κ2) is 7.01. The van der Waals surface area contributed by atoms with Gasteiger partial charge in [-0.1, -0.05) is 18.2 Å². The van der Waals surface area contributed by atoms with E-state index in [4.69, 9.17) is 5.26 Å². The van der Waals surface area contributed by atoms with Gasteiger partial charge in [-0.3, -0.25) is 4.79 Å². The fraction of sp³-hybridized carbons (Fsp3) is 0.176. The van der Waals surface area contributed by atoms with Gasteiger partial charge in [0.05, 0.1) is 0 Å². The van der Waals surface area contributed by atoms with E-state index in [0.29, 0.717) is 5.56 Å². The van der Waals surface area contributed by atoms with E-state index in [1.807, 2.05) is 19.9 Å². The van der Waals surface area contributed by atoms with Gasteiger partial charge in [0.25, 0.3) is 5.91 Å². The second-order valence-corrected chi connectivity index (χ2v) is 6.10. The molecule has 0 saturated carbocycles. The molecule has 1 N–H and O–H groups in total. The van der Waals surface area contributed by atoms with Crippen molar-refractivity contribution in [1.82, 2.24) is 5.32 Å². The number of halogens is 1. The molecular formula is C17H15FN2OS. The number of thiophene rings is 1. The van der Waals surface area contributed by atoms with E-state index in [9.17, 15) is 9.18 Å². The van der Waals surface area contributed by atoms with Crippen LogP contribution < -0.4 is 5.32 Å². The third-order valence-electron chi connectivity index (χ3n) is 2.84. The average molecular weight is 314 g/mol. The monoisotopic (exact) mass is 314 g/mol. The Morgan fingerprint density at radius 3 is 2.68 bits per heavy atom. The van der Waals surface area contributed by atoms with E-state index < -0.39 is 5.91 Å². The molecule has 3 nitrogen and oxygen atoms in total. The first-order valence-corrected chi connectivity index (χ1v) is 7.60. The summed E-state index contributed by atoms with van der Waals surface area (Å²) in [4.78, 5) is 13.3. The molecule has 0 radical (unpaired) electrons. The predicted octanol–water partition coefficient (Wildman–Crippen LogP) is 3.99. The molecule has 0 atom stereocenters. The quantitative estimate of drug-likeness (QED) is 0.685. The third-order valence-corrected chi connectivity index (χ3v) is 3.90. The molecule has 0 spiro atoms. The van der Waals surface area contributed by atoms with Crippen LogP contribution in [0.1, 0.15) is 18.7 Å². The minimum atomic E-state index is -0.404. The third kappa shape index (κ3) is 3.80. The number of hydrogen-bond acceptors (Lipinski definition) is 3. The maximum atomic E-state index is 13.8. The average Bonchev–Trinajstić information content (AvgIpc) is 2.92. The van der Waals surface area contributed by atoms with E-state index in [0.717, 1.165) is 9.75 Å². The maximum Gasteiger partial charge on any atom is 0.262 e. The van der Waals surface area contributed by atoms with Crippen LogP contribution in [0, 0.1) is 17.1 Å². The lowest BCUT2D eigenvalue weighted by Gasteiger charge is -2.06. The highest BCUT2D eigenvalue weighted by Crippen LogP contribution is 2.31. The van der Waals surface area contributed by atoms with Crippen molar-refractivity contribution < 1.29 is 9.18 Å². The van der Waals surface area contributed by atoms with Gasteiger partial charge < -0.3 is 5.32 Å². The first-order valence-electron chi connectivity index (χ1n) is 6.78. The Morgan fingerprint density at radius 1 is 1.32 bits per heavy atom. The Labute approximate surface area is 132 Å². The first kappa shape index (κ1) is 15.9. The Kier molecular flexibility index (Phi) is 5.08. The summed E-state index contributed by atoms with van der Waals surface area (Å²) >= 11 is 1.33. The molecule has 1 heterocycles. The highest BCUT2D eigenvalue weighted by Gasteiger charge is 2.12. The van der Waals surface area contributed by atoms with Gasteiger partial charge in [0.1, 0.15) is 17.5 Å². The molecule has 0 aliphatic carbocycles. The largest absolute Gasteiger partial charge is 0.349 e. The van der Waals surface area contributed by atoms with Crippen LogP contribution in [0.2, 0.25) is 0 Å². The summed E-state index contributed by atoms with van der Waals surface area (Å²) in [5, 5.41) is 11.8. The molecule has 112 valence electrons. The van der Waals surface area contributed by atoms with Gasteiger partial charge in [-0.15, -0.1) is 11.3 Å². The van der Waals surface area contributed by atoms with E-state index >= 15 is 0 Å². The zero-order chi connectivity index (χ0) is 16.1. The molecule has 0 saturated heterocycles. The summed E-state index contributed by atoms with van der Waals surface area (Å²) in [6, 6.07) is 11.9. The van der Waals surface area contributed by atoms with Crippen LogP contribution in [-0.4, -0.2) is 11.9 Å². The smallest absolute Gasteiger partial charge is 0.262 e. The van der Waals surface area contributed by atoms with Crippen molar-refractivity contribution in [2.45, 2.75) is 19.9 Å². The molecule has 0 aliphatic rings. The molecule has 2 aromatic rings.